The van der Waals surface area contributed by atoms with Crippen molar-refractivity contribution in [3.8, 4) is 11.3 Å². The van der Waals surface area contributed by atoms with E-state index in [0.29, 0.717) is 13.1 Å². The summed E-state index contributed by atoms with van der Waals surface area (Å²) in [7, 11) is 1.87. The van der Waals surface area contributed by atoms with Crippen molar-refractivity contribution in [3.05, 3.63) is 42.1 Å². The predicted octanol–water partition coefficient (Wildman–Crippen LogP) is 2.19. The molecule has 1 aromatic heterocycles. The molecule has 6 nitrogen and oxygen atoms in total. The maximum absolute atomic E-state index is 12.0. The van der Waals surface area contributed by atoms with Gasteiger partial charge in [-0.25, -0.2) is 4.79 Å². The highest BCUT2D eigenvalue weighted by molar-refractivity contribution is 5.74. The zero-order valence-electron chi connectivity index (χ0n) is 14.0. The number of nitrogens with one attached hydrogen (secondary N) is 2. The monoisotopic (exact) mass is 328 g/mol. The van der Waals surface area contributed by atoms with Gasteiger partial charge in [0, 0.05) is 37.5 Å². The Bertz CT molecular complexity index is 690. The van der Waals surface area contributed by atoms with Crippen LogP contribution in [0.2, 0.25) is 0 Å². The molecule has 0 saturated heterocycles. The molecule has 1 aliphatic carbocycles. The zero-order chi connectivity index (χ0) is 17.0. The number of rotatable bonds is 5. The minimum Gasteiger partial charge on any atom is -0.388 e. The summed E-state index contributed by atoms with van der Waals surface area (Å²) < 4.78 is 1.75. The number of aliphatic hydroxyl groups is 1. The van der Waals surface area contributed by atoms with Crippen LogP contribution in [0.4, 0.5) is 4.79 Å². The number of benzene rings is 1. The summed E-state index contributed by atoms with van der Waals surface area (Å²) in [6.07, 6.45) is 5.47. The van der Waals surface area contributed by atoms with E-state index < -0.39 is 5.60 Å². The Morgan fingerprint density at radius 1 is 1.25 bits per heavy atom. The lowest BCUT2D eigenvalue weighted by Gasteiger charge is -2.22. The summed E-state index contributed by atoms with van der Waals surface area (Å²) in [6.45, 7) is 0.694. The third-order valence-corrected chi connectivity index (χ3v) is 4.50. The summed E-state index contributed by atoms with van der Waals surface area (Å²) in [6, 6.07) is 9.64. The molecule has 2 amide bonds. The van der Waals surface area contributed by atoms with Crippen LogP contribution in [-0.2, 0) is 13.6 Å². The lowest BCUT2D eigenvalue weighted by Crippen LogP contribution is -2.44. The molecule has 3 N–H and O–H groups in total. The van der Waals surface area contributed by atoms with Gasteiger partial charge < -0.3 is 15.7 Å². The first-order chi connectivity index (χ1) is 11.6. The minimum atomic E-state index is -0.735. The van der Waals surface area contributed by atoms with Gasteiger partial charge in [0.15, 0.2) is 0 Å². The topological polar surface area (TPSA) is 79.2 Å². The molecule has 1 aliphatic rings. The van der Waals surface area contributed by atoms with Crippen molar-refractivity contribution in [1.82, 2.24) is 20.4 Å². The number of aromatic nitrogens is 2. The number of amides is 2. The Kier molecular flexibility index (Phi) is 4.85. The highest BCUT2D eigenvalue weighted by atomic mass is 16.3. The van der Waals surface area contributed by atoms with Gasteiger partial charge in [0.2, 0.25) is 0 Å². The minimum absolute atomic E-state index is 0.266. The molecule has 1 heterocycles. The highest BCUT2D eigenvalue weighted by Gasteiger charge is 2.31. The van der Waals surface area contributed by atoms with Gasteiger partial charge in [-0.2, -0.15) is 5.10 Å². The smallest absolute Gasteiger partial charge is 0.315 e. The van der Waals surface area contributed by atoms with E-state index >= 15 is 0 Å². The summed E-state index contributed by atoms with van der Waals surface area (Å²) >= 11 is 0. The Morgan fingerprint density at radius 2 is 1.96 bits per heavy atom. The van der Waals surface area contributed by atoms with Crippen LogP contribution in [0.25, 0.3) is 11.3 Å². The predicted molar refractivity (Wildman–Crippen MR) is 92.3 cm³/mol. The van der Waals surface area contributed by atoms with Gasteiger partial charge in [-0.15, -0.1) is 0 Å². The lowest BCUT2D eigenvalue weighted by molar-refractivity contribution is 0.0501. The average molecular weight is 328 g/mol. The van der Waals surface area contributed by atoms with E-state index in [1.807, 2.05) is 43.6 Å². The largest absolute Gasteiger partial charge is 0.388 e. The molecule has 0 radical (unpaired) electrons. The number of nitrogens with zero attached hydrogens (tertiary/aromatic N) is 2. The number of hydrogen-bond acceptors (Lipinski definition) is 3. The van der Waals surface area contributed by atoms with Crippen molar-refractivity contribution in [2.45, 2.75) is 37.8 Å². The second-order valence-corrected chi connectivity index (χ2v) is 6.51. The molecule has 1 fully saturated rings. The quantitative estimate of drug-likeness (QED) is 0.787. The second kappa shape index (κ2) is 7.05. The van der Waals surface area contributed by atoms with Crippen LogP contribution in [0.1, 0.15) is 31.2 Å². The van der Waals surface area contributed by atoms with Crippen molar-refractivity contribution < 1.29 is 9.90 Å². The van der Waals surface area contributed by atoms with Crippen molar-refractivity contribution in [3.63, 3.8) is 0 Å². The first-order valence-electron chi connectivity index (χ1n) is 8.38. The number of carbonyl (C=O) groups is 1. The van der Waals surface area contributed by atoms with Gasteiger partial charge in [-0.1, -0.05) is 43.2 Å². The van der Waals surface area contributed by atoms with Crippen LogP contribution >= 0.6 is 0 Å². The van der Waals surface area contributed by atoms with Crippen LogP contribution in [0.5, 0.6) is 0 Å². The summed E-state index contributed by atoms with van der Waals surface area (Å²) in [5, 5.41) is 20.4. The van der Waals surface area contributed by atoms with Crippen LogP contribution in [0.15, 0.2) is 36.5 Å². The van der Waals surface area contributed by atoms with E-state index in [-0.39, 0.29) is 6.03 Å². The number of aryl methyl sites for hydroxylation is 1. The van der Waals surface area contributed by atoms with E-state index in [2.05, 4.69) is 15.7 Å². The molecular weight excluding hydrogens is 304 g/mol. The standard InChI is InChI=1S/C18H24N4O2/c1-22-12-15(16(21-22)14-7-3-2-4-8-14)11-19-17(23)20-13-18(24)9-5-6-10-18/h2-4,7-8,12,24H,5-6,9-11,13H2,1H3,(H2,19,20,23). The first kappa shape index (κ1) is 16.5. The Balaban J connectivity index is 1.58. The van der Waals surface area contributed by atoms with Gasteiger partial charge in [0.05, 0.1) is 11.3 Å². The molecule has 0 atom stereocenters. The van der Waals surface area contributed by atoms with E-state index in [1.54, 1.807) is 4.68 Å². The molecule has 1 aromatic carbocycles. The van der Waals surface area contributed by atoms with E-state index in [1.165, 1.54) is 0 Å². The van der Waals surface area contributed by atoms with Crippen molar-refractivity contribution in [1.29, 1.82) is 0 Å². The SMILES string of the molecule is Cn1cc(CNC(=O)NCC2(O)CCCC2)c(-c2ccccc2)n1. The van der Waals surface area contributed by atoms with Crippen molar-refractivity contribution >= 4 is 6.03 Å². The van der Waals surface area contributed by atoms with Crippen molar-refractivity contribution in [2.75, 3.05) is 6.54 Å². The fraction of sp³-hybridized carbons (Fsp3) is 0.444. The van der Waals surface area contributed by atoms with Gasteiger partial charge in [0.25, 0.3) is 0 Å². The highest BCUT2D eigenvalue weighted by Crippen LogP contribution is 2.28. The molecule has 0 spiro atoms. The molecule has 2 aromatic rings. The van der Waals surface area contributed by atoms with E-state index in [4.69, 9.17) is 0 Å². The molecule has 0 bridgehead atoms. The maximum Gasteiger partial charge on any atom is 0.315 e. The molecule has 3 rings (SSSR count). The summed E-state index contributed by atoms with van der Waals surface area (Å²) in [5.41, 5.74) is 2.11. The molecule has 0 unspecified atom stereocenters. The normalized spacial score (nSPS) is 16.1. The van der Waals surface area contributed by atoms with Gasteiger partial charge >= 0.3 is 6.03 Å². The lowest BCUT2D eigenvalue weighted by atomic mass is 10.0. The Labute approximate surface area is 141 Å². The van der Waals surface area contributed by atoms with E-state index in [0.717, 1.165) is 42.5 Å². The van der Waals surface area contributed by atoms with Crippen LogP contribution in [0, 0.1) is 0 Å². The summed E-state index contributed by atoms with van der Waals surface area (Å²) in [4.78, 5) is 12.0. The van der Waals surface area contributed by atoms with E-state index in [9.17, 15) is 9.90 Å². The third kappa shape index (κ3) is 3.94. The fourth-order valence-corrected chi connectivity index (χ4v) is 3.20. The number of urea groups is 1. The summed E-state index contributed by atoms with van der Waals surface area (Å²) in [5.74, 6) is 0. The van der Waals surface area contributed by atoms with Gasteiger partial charge in [-0.3, -0.25) is 4.68 Å². The Morgan fingerprint density at radius 3 is 2.67 bits per heavy atom. The Hall–Kier alpha value is -2.34. The molecule has 128 valence electrons. The van der Waals surface area contributed by atoms with Crippen LogP contribution < -0.4 is 10.6 Å². The van der Waals surface area contributed by atoms with Crippen molar-refractivity contribution in [2.24, 2.45) is 7.05 Å². The molecule has 0 aliphatic heterocycles. The van der Waals surface area contributed by atoms with Gasteiger partial charge in [0.1, 0.15) is 0 Å². The van der Waals surface area contributed by atoms with Crippen LogP contribution in [0.3, 0.4) is 0 Å². The second-order valence-electron chi connectivity index (χ2n) is 6.51. The number of carbonyl (C=O) groups excluding carboxylic acids is 1. The van der Waals surface area contributed by atoms with Crippen LogP contribution in [-0.4, -0.2) is 33.1 Å². The first-order valence-corrected chi connectivity index (χ1v) is 8.38. The molecule has 24 heavy (non-hydrogen) atoms. The third-order valence-electron chi connectivity index (χ3n) is 4.50. The number of hydrogen-bond donors (Lipinski definition) is 3. The maximum atomic E-state index is 12.0. The van der Waals surface area contributed by atoms with Gasteiger partial charge in [-0.05, 0) is 12.8 Å². The molecule has 1 saturated carbocycles. The molecule has 6 heteroatoms. The fourth-order valence-electron chi connectivity index (χ4n) is 3.20. The zero-order valence-corrected chi connectivity index (χ0v) is 14.0. The molecular formula is C18H24N4O2. The average Bonchev–Trinajstić information content (AvgIpc) is 3.18.